The topological polar surface area (TPSA) is 199 Å². The molecule has 0 saturated carbocycles. The van der Waals surface area contributed by atoms with Gasteiger partial charge < -0.3 is 20.1 Å². The number of rotatable bonds is 13. The van der Waals surface area contributed by atoms with E-state index in [-0.39, 0.29) is 70.8 Å². The Balaban J connectivity index is 0.000000241. The zero-order valence-corrected chi connectivity index (χ0v) is 25.2. The van der Waals surface area contributed by atoms with Gasteiger partial charge in [-0.2, -0.15) is 10.2 Å². The summed E-state index contributed by atoms with van der Waals surface area (Å²) in [4.78, 5) is 54.6. The third-order valence-corrected chi connectivity index (χ3v) is 6.77. The van der Waals surface area contributed by atoms with Crippen molar-refractivity contribution in [2.45, 2.75) is 85.0 Å². The number of ether oxygens (including phenoxy) is 1. The molecule has 0 bridgehead atoms. The Labute approximate surface area is 252 Å². The maximum Gasteiger partial charge on any atom is 0.306 e. The molecule has 4 heterocycles. The van der Waals surface area contributed by atoms with Crippen molar-refractivity contribution >= 4 is 34.8 Å². The summed E-state index contributed by atoms with van der Waals surface area (Å²) in [5.74, 6) is -1.87. The molecule has 236 valence electrons. The molecule has 0 aromatic carbocycles. The quantitative estimate of drug-likeness (QED) is 0.186. The van der Waals surface area contributed by atoms with Gasteiger partial charge in [0.05, 0.1) is 19.4 Å². The molecule has 0 atom stereocenters. The van der Waals surface area contributed by atoms with Crippen LogP contribution >= 0.6 is 0 Å². The second kappa shape index (κ2) is 16.1. The zero-order chi connectivity index (χ0) is 32.2. The minimum Gasteiger partial charge on any atom is -0.511 e. The molecule has 3 N–H and O–H groups in total. The van der Waals surface area contributed by atoms with Crippen molar-refractivity contribution in [3.8, 4) is 0 Å². The van der Waals surface area contributed by atoms with Gasteiger partial charge in [-0.15, -0.1) is 0 Å². The molecule has 44 heavy (non-hydrogen) atoms. The van der Waals surface area contributed by atoms with E-state index in [4.69, 9.17) is 9.84 Å². The second-order valence-corrected chi connectivity index (χ2v) is 10.0. The largest absolute Gasteiger partial charge is 0.511 e. The van der Waals surface area contributed by atoms with Crippen molar-refractivity contribution in [1.29, 1.82) is 0 Å². The second-order valence-electron chi connectivity index (χ2n) is 10.0. The van der Waals surface area contributed by atoms with Crippen LogP contribution in [-0.2, 0) is 27.2 Å². The smallest absolute Gasteiger partial charge is 0.306 e. The summed E-state index contributed by atoms with van der Waals surface area (Å²) < 4.78 is 7.93. The third kappa shape index (κ3) is 8.36. The lowest BCUT2D eigenvalue weighted by Crippen LogP contribution is -2.31. The highest BCUT2D eigenvalue weighted by Crippen LogP contribution is 2.07. The molecule has 0 spiro atoms. The molecule has 14 nitrogen and oxygen atoms in total. The van der Waals surface area contributed by atoms with E-state index in [0.29, 0.717) is 12.1 Å². The van der Waals surface area contributed by atoms with Gasteiger partial charge in [0.2, 0.25) is 0 Å². The minimum absolute atomic E-state index is 0.0109. The summed E-state index contributed by atoms with van der Waals surface area (Å²) >= 11 is 0. The molecule has 0 radical (unpaired) electrons. The van der Waals surface area contributed by atoms with Crippen LogP contribution in [-0.4, -0.2) is 63.1 Å². The number of carboxylic acid groups (broad SMARTS) is 1. The van der Waals surface area contributed by atoms with Crippen LogP contribution in [0.4, 0.5) is 0 Å². The maximum atomic E-state index is 12.3. The summed E-state index contributed by atoms with van der Waals surface area (Å²) in [6.07, 6.45) is 7.62. The number of aryl methyl sites for hydroxylation is 2. The predicted molar refractivity (Wildman–Crippen MR) is 161 cm³/mol. The average molecular weight is 611 g/mol. The Bertz CT molecular complexity index is 1830. The van der Waals surface area contributed by atoms with Crippen LogP contribution in [0.3, 0.4) is 0 Å². The summed E-state index contributed by atoms with van der Waals surface area (Å²) in [5.41, 5.74) is 1.44. The molecule has 4 aromatic heterocycles. The molecule has 0 unspecified atom stereocenters. The molecular weight excluding hydrogens is 572 g/mol. The van der Waals surface area contributed by atoms with E-state index in [1.165, 1.54) is 29.3 Å². The molecule has 0 aliphatic rings. The standard InChI is InChI=1S/C16H21N3O4.C14H17N3O4/c1-3-5-6-11-9-13(21)15(16-17-10-18-19(11)16)12(20)7-8-14(22)23-4-2;1-2-3-4-9-7-11(19)13(10(18)5-6-12(20)21)14-15-8-16-17(9)14/h9-10,20H,3-8H2,1-2H3;7-8,18H,2-6H2,1H3,(H,20,21). The number of carboxylic acids is 1. The Morgan fingerprint density at radius 3 is 1.59 bits per heavy atom. The fourth-order valence-corrected chi connectivity index (χ4v) is 4.58. The molecule has 0 fully saturated rings. The normalized spacial score (nSPS) is 12.5. The molecule has 4 rings (SSSR count). The van der Waals surface area contributed by atoms with E-state index in [2.05, 4.69) is 34.0 Å². The number of aliphatic hydroxyl groups excluding tert-OH is 2. The van der Waals surface area contributed by atoms with Crippen molar-refractivity contribution in [3.05, 3.63) is 67.1 Å². The van der Waals surface area contributed by atoms with E-state index in [1.807, 2.05) is 0 Å². The maximum absolute atomic E-state index is 12.3. The molecule has 0 aliphatic heterocycles. The van der Waals surface area contributed by atoms with Gasteiger partial charge in [-0.1, -0.05) is 26.7 Å². The van der Waals surface area contributed by atoms with Crippen LogP contribution in [0.5, 0.6) is 0 Å². The van der Waals surface area contributed by atoms with Crippen LogP contribution in [0.25, 0.3) is 22.8 Å². The number of hydrogen-bond acceptors (Lipinski definition) is 11. The number of aliphatic hydroxyl groups is 2. The van der Waals surface area contributed by atoms with Crippen LogP contribution < -0.4 is 21.3 Å². The lowest BCUT2D eigenvalue weighted by atomic mass is 10.1. The van der Waals surface area contributed by atoms with Gasteiger partial charge in [-0.05, 0) is 32.6 Å². The molecule has 0 saturated heterocycles. The molecule has 0 amide bonds. The highest BCUT2D eigenvalue weighted by atomic mass is 16.5. The number of carbonyl (C=O) groups is 2. The number of carbonyl (C=O) groups excluding carboxylic acids is 1. The van der Waals surface area contributed by atoms with Crippen LogP contribution in [0.15, 0.2) is 34.4 Å². The Morgan fingerprint density at radius 2 is 1.18 bits per heavy atom. The van der Waals surface area contributed by atoms with Gasteiger partial charge in [0.15, 0.2) is 22.2 Å². The minimum atomic E-state index is -1.04. The van der Waals surface area contributed by atoms with Gasteiger partial charge in [-0.25, -0.2) is 19.0 Å². The first-order valence-corrected chi connectivity index (χ1v) is 14.7. The van der Waals surface area contributed by atoms with E-state index >= 15 is 0 Å². The van der Waals surface area contributed by atoms with Crippen molar-refractivity contribution in [1.82, 2.24) is 29.2 Å². The summed E-state index contributed by atoms with van der Waals surface area (Å²) in [7, 11) is 0. The van der Waals surface area contributed by atoms with Crippen molar-refractivity contribution in [2.24, 2.45) is 0 Å². The number of pyridine rings is 2. The monoisotopic (exact) mass is 610 g/mol. The van der Waals surface area contributed by atoms with Gasteiger partial charge >= 0.3 is 11.9 Å². The zero-order valence-electron chi connectivity index (χ0n) is 25.2. The first kappa shape index (κ1) is 33.6. The number of hydrogen-bond donors (Lipinski definition) is 3. The van der Waals surface area contributed by atoms with E-state index in [9.17, 15) is 29.4 Å². The van der Waals surface area contributed by atoms with Crippen molar-refractivity contribution in [3.63, 3.8) is 0 Å². The summed E-state index contributed by atoms with van der Waals surface area (Å²) in [6.45, 7) is 6.12. The molecule has 4 aromatic rings. The third-order valence-electron chi connectivity index (χ3n) is 6.77. The van der Waals surface area contributed by atoms with Gasteiger partial charge in [0, 0.05) is 36.4 Å². The van der Waals surface area contributed by atoms with Crippen molar-refractivity contribution < 1.29 is 29.6 Å². The number of aliphatic carboxylic acids is 1. The summed E-state index contributed by atoms with van der Waals surface area (Å²) in [6, 6.07) is 2.91. The predicted octanol–water partition coefficient (Wildman–Crippen LogP) is 1.84. The molecule has 14 heteroatoms. The Morgan fingerprint density at radius 1 is 0.727 bits per heavy atom. The highest BCUT2D eigenvalue weighted by Gasteiger charge is 2.14. The van der Waals surface area contributed by atoms with E-state index in [1.54, 1.807) is 11.4 Å². The molecular formula is C30H38N6O8. The lowest BCUT2D eigenvalue weighted by molar-refractivity contribution is -0.143. The van der Waals surface area contributed by atoms with E-state index < -0.39 is 11.9 Å². The average Bonchev–Trinajstić information content (AvgIpc) is 3.67. The highest BCUT2D eigenvalue weighted by molar-refractivity contribution is 5.71. The van der Waals surface area contributed by atoms with Gasteiger partial charge in [-0.3, -0.25) is 19.2 Å². The Hall–Kier alpha value is -4.88. The fraction of sp³-hybridized carbons (Fsp3) is 0.467. The van der Waals surface area contributed by atoms with Gasteiger partial charge in [0.1, 0.15) is 34.6 Å². The molecule has 0 aliphatic carbocycles. The van der Waals surface area contributed by atoms with Crippen molar-refractivity contribution in [2.75, 3.05) is 6.61 Å². The van der Waals surface area contributed by atoms with Crippen LogP contribution in [0.1, 0.15) is 83.5 Å². The van der Waals surface area contributed by atoms with Crippen LogP contribution in [0.2, 0.25) is 0 Å². The first-order valence-electron chi connectivity index (χ1n) is 14.7. The Kier molecular flexibility index (Phi) is 12.3. The number of aromatic nitrogens is 6. The number of fused-ring (bicyclic) bond motifs is 2. The van der Waals surface area contributed by atoms with E-state index in [0.717, 1.165) is 43.5 Å². The lowest BCUT2D eigenvalue weighted by Gasteiger charge is -2.05. The number of esters is 1. The van der Waals surface area contributed by atoms with Gasteiger partial charge in [0.25, 0.3) is 0 Å². The van der Waals surface area contributed by atoms with Crippen LogP contribution in [0, 0.1) is 0 Å². The first-order chi connectivity index (χ1) is 21.1. The number of nitrogens with zero attached hydrogens (tertiary/aromatic N) is 6. The summed E-state index contributed by atoms with van der Waals surface area (Å²) in [5, 5.41) is 37.2. The fourth-order valence-electron chi connectivity index (χ4n) is 4.58. The number of unbranched alkanes of at least 4 members (excludes halogenated alkanes) is 2. The SMILES string of the molecule is CCCCc1cc(=O)c(=C(O)CCC(=O)O)c2ncnn12.CCCCc1cc(=O)c(=C(O)CCC(=O)OCC)c2ncnn12.